The van der Waals surface area contributed by atoms with Gasteiger partial charge in [-0.05, 0) is 0 Å². The van der Waals surface area contributed by atoms with Crippen LogP contribution in [0.15, 0.2) is 23.3 Å². The minimum atomic E-state index is -0.430. The van der Waals surface area contributed by atoms with Gasteiger partial charge in [0.25, 0.3) is 5.91 Å². The van der Waals surface area contributed by atoms with E-state index in [2.05, 4.69) is 20.6 Å². The van der Waals surface area contributed by atoms with Crippen molar-refractivity contribution >= 4 is 22.4 Å². The summed E-state index contributed by atoms with van der Waals surface area (Å²) < 4.78 is 0. The zero-order valence-corrected chi connectivity index (χ0v) is 10.8. The summed E-state index contributed by atoms with van der Waals surface area (Å²) in [7, 11) is 0. The first-order valence-electron chi connectivity index (χ1n) is 5.92. The van der Waals surface area contributed by atoms with E-state index in [1.54, 1.807) is 0 Å². The number of carbonyl (C=O) groups excluding carboxylic acids is 1. The fourth-order valence-electron chi connectivity index (χ4n) is 1.94. The van der Waals surface area contributed by atoms with Gasteiger partial charge in [-0.25, -0.2) is 4.98 Å². The fourth-order valence-corrected chi connectivity index (χ4v) is 2.91. The number of fused-ring (bicyclic) bond motifs is 1. The van der Waals surface area contributed by atoms with Gasteiger partial charge in [-0.1, -0.05) is 0 Å². The van der Waals surface area contributed by atoms with Crippen LogP contribution >= 0.6 is 11.3 Å². The summed E-state index contributed by atoms with van der Waals surface area (Å²) in [5.74, 6) is -0.430. The van der Waals surface area contributed by atoms with Gasteiger partial charge >= 0.3 is 0 Å². The molecule has 2 aromatic rings. The van der Waals surface area contributed by atoms with E-state index in [0.29, 0.717) is 5.13 Å². The Labute approximate surface area is 112 Å². The van der Waals surface area contributed by atoms with Crippen LogP contribution in [-0.2, 0) is 13.0 Å². The van der Waals surface area contributed by atoms with Crippen molar-refractivity contribution in [2.45, 2.75) is 13.0 Å². The Kier molecular flexibility index (Phi) is 3.14. The molecule has 0 aliphatic carbocycles. The van der Waals surface area contributed by atoms with E-state index < -0.39 is 5.91 Å². The second-order valence-electron chi connectivity index (χ2n) is 4.19. The first kappa shape index (κ1) is 12.1. The molecule has 0 saturated heterocycles. The van der Waals surface area contributed by atoms with Gasteiger partial charge in [0, 0.05) is 42.8 Å². The van der Waals surface area contributed by atoms with Crippen LogP contribution < -0.4 is 16.1 Å². The van der Waals surface area contributed by atoms with Gasteiger partial charge in [0.2, 0.25) is 0 Å². The number of nitrogens with zero attached hydrogens (tertiary/aromatic N) is 1. The Morgan fingerprint density at radius 1 is 1.47 bits per heavy atom. The molecule has 0 saturated carbocycles. The van der Waals surface area contributed by atoms with Gasteiger partial charge in [0.15, 0.2) is 10.6 Å². The van der Waals surface area contributed by atoms with Gasteiger partial charge in [-0.2, -0.15) is 0 Å². The van der Waals surface area contributed by atoms with E-state index in [4.69, 9.17) is 0 Å². The number of H-pyrrole nitrogens is 1. The lowest BCUT2D eigenvalue weighted by molar-refractivity contribution is 0.102. The number of pyridine rings is 1. The molecule has 1 amide bonds. The van der Waals surface area contributed by atoms with Crippen molar-refractivity contribution in [1.29, 1.82) is 0 Å². The largest absolute Gasteiger partial charge is 0.367 e. The SMILES string of the molecule is O=C(Nc1nc2c(s1)CNCC2)c1c[nH]ccc1=O. The number of nitrogens with one attached hydrogen (secondary N) is 3. The van der Waals surface area contributed by atoms with Crippen LogP contribution in [-0.4, -0.2) is 22.4 Å². The molecule has 3 N–H and O–H groups in total. The average Bonchev–Trinajstić information content (AvgIpc) is 2.81. The second kappa shape index (κ2) is 4.94. The number of aromatic amines is 1. The third-order valence-electron chi connectivity index (χ3n) is 2.89. The van der Waals surface area contributed by atoms with Crippen molar-refractivity contribution in [3.8, 4) is 0 Å². The third-order valence-corrected chi connectivity index (χ3v) is 3.90. The van der Waals surface area contributed by atoms with Crippen LogP contribution in [0.4, 0.5) is 5.13 Å². The summed E-state index contributed by atoms with van der Waals surface area (Å²) >= 11 is 1.45. The van der Waals surface area contributed by atoms with E-state index >= 15 is 0 Å². The molecule has 1 aliphatic heterocycles. The summed E-state index contributed by atoms with van der Waals surface area (Å²) in [5, 5.41) is 6.47. The molecule has 3 rings (SSSR count). The van der Waals surface area contributed by atoms with Crippen LogP contribution in [0.1, 0.15) is 20.9 Å². The maximum absolute atomic E-state index is 12.0. The van der Waals surface area contributed by atoms with Crippen LogP contribution in [0, 0.1) is 0 Å². The molecule has 0 spiro atoms. The van der Waals surface area contributed by atoms with E-state index in [-0.39, 0.29) is 11.0 Å². The molecule has 19 heavy (non-hydrogen) atoms. The van der Waals surface area contributed by atoms with Gasteiger partial charge in [0.05, 0.1) is 5.69 Å². The van der Waals surface area contributed by atoms with Gasteiger partial charge < -0.3 is 10.3 Å². The quantitative estimate of drug-likeness (QED) is 0.754. The van der Waals surface area contributed by atoms with Gasteiger partial charge in [-0.15, -0.1) is 11.3 Å². The lowest BCUT2D eigenvalue weighted by atomic mass is 10.2. The second-order valence-corrected chi connectivity index (χ2v) is 5.28. The van der Waals surface area contributed by atoms with Crippen molar-refractivity contribution in [3.05, 3.63) is 44.8 Å². The Balaban J connectivity index is 1.82. The number of aromatic nitrogens is 2. The smallest absolute Gasteiger partial charge is 0.262 e. The zero-order valence-electron chi connectivity index (χ0n) is 10.0. The zero-order chi connectivity index (χ0) is 13.2. The van der Waals surface area contributed by atoms with E-state index in [0.717, 1.165) is 30.1 Å². The number of anilines is 1. The molecule has 1 aliphatic rings. The molecule has 0 bridgehead atoms. The van der Waals surface area contributed by atoms with Crippen LogP contribution in [0.25, 0.3) is 0 Å². The Hall–Kier alpha value is -1.99. The number of carbonyl (C=O) groups is 1. The van der Waals surface area contributed by atoms with Crippen LogP contribution in [0.2, 0.25) is 0 Å². The Morgan fingerprint density at radius 3 is 3.16 bits per heavy atom. The van der Waals surface area contributed by atoms with Gasteiger partial charge in [0.1, 0.15) is 5.56 Å². The van der Waals surface area contributed by atoms with E-state index in [1.807, 2.05) is 0 Å². The minimum Gasteiger partial charge on any atom is -0.367 e. The highest BCUT2D eigenvalue weighted by atomic mass is 32.1. The van der Waals surface area contributed by atoms with E-state index in [1.165, 1.54) is 29.8 Å². The summed E-state index contributed by atoms with van der Waals surface area (Å²) in [4.78, 5) is 31.8. The first-order valence-corrected chi connectivity index (χ1v) is 6.73. The monoisotopic (exact) mass is 276 g/mol. The van der Waals surface area contributed by atoms with Crippen molar-refractivity contribution in [2.75, 3.05) is 11.9 Å². The van der Waals surface area contributed by atoms with E-state index in [9.17, 15) is 9.59 Å². The number of rotatable bonds is 2. The molecule has 6 nitrogen and oxygen atoms in total. The molecule has 7 heteroatoms. The summed E-state index contributed by atoms with van der Waals surface area (Å²) in [6.07, 6.45) is 3.76. The molecule has 3 heterocycles. The summed E-state index contributed by atoms with van der Waals surface area (Å²) in [5.41, 5.74) is 0.814. The maximum atomic E-state index is 12.0. The third kappa shape index (κ3) is 2.42. The highest BCUT2D eigenvalue weighted by Crippen LogP contribution is 2.25. The topological polar surface area (TPSA) is 86.9 Å². The number of thiazole rings is 1. The lowest BCUT2D eigenvalue weighted by Gasteiger charge is -2.09. The Morgan fingerprint density at radius 2 is 2.37 bits per heavy atom. The molecule has 0 aromatic carbocycles. The summed E-state index contributed by atoms with van der Waals surface area (Å²) in [6.45, 7) is 1.69. The standard InChI is InChI=1S/C12H12N4O2S/c17-9-2-4-13-5-7(9)11(18)16-12-15-8-1-3-14-6-10(8)19-12/h2,4-5,14H,1,3,6H2,(H,13,17)(H,15,16,18). The molecule has 98 valence electrons. The van der Waals surface area contributed by atoms with Crippen molar-refractivity contribution in [3.63, 3.8) is 0 Å². The molecule has 2 aromatic heterocycles. The minimum absolute atomic E-state index is 0.0915. The van der Waals surface area contributed by atoms with Crippen LogP contribution in [0.3, 0.4) is 0 Å². The lowest BCUT2D eigenvalue weighted by Crippen LogP contribution is -2.22. The van der Waals surface area contributed by atoms with Crippen LogP contribution in [0.5, 0.6) is 0 Å². The fraction of sp³-hybridized carbons (Fsp3) is 0.250. The number of hydrogen-bond donors (Lipinski definition) is 3. The maximum Gasteiger partial charge on any atom is 0.262 e. The normalized spacial score (nSPS) is 13.9. The molecule has 0 radical (unpaired) electrons. The molecule has 0 atom stereocenters. The van der Waals surface area contributed by atoms with Crippen molar-refractivity contribution < 1.29 is 4.79 Å². The molecule has 0 fully saturated rings. The highest BCUT2D eigenvalue weighted by Gasteiger charge is 2.17. The average molecular weight is 276 g/mol. The molecular formula is C12H12N4O2S. The van der Waals surface area contributed by atoms with Crippen molar-refractivity contribution in [1.82, 2.24) is 15.3 Å². The first-order chi connectivity index (χ1) is 9.24. The predicted molar refractivity (Wildman–Crippen MR) is 72.5 cm³/mol. The molecular weight excluding hydrogens is 264 g/mol. The number of hydrogen-bond acceptors (Lipinski definition) is 5. The summed E-state index contributed by atoms with van der Waals surface area (Å²) in [6, 6.07) is 1.33. The molecule has 0 unspecified atom stereocenters. The number of amides is 1. The van der Waals surface area contributed by atoms with Gasteiger partial charge in [-0.3, -0.25) is 14.9 Å². The predicted octanol–water partition coefficient (Wildman–Crippen LogP) is 0.729. The van der Waals surface area contributed by atoms with Crippen molar-refractivity contribution in [2.24, 2.45) is 0 Å². The Bertz CT molecular complexity index is 653. The highest BCUT2D eigenvalue weighted by molar-refractivity contribution is 7.15.